The minimum absolute atomic E-state index is 0.367. The maximum absolute atomic E-state index is 10.9. The first-order chi connectivity index (χ1) is 7.95. The van der Waals surface area contributed by atoms with Gasteiger partial charge < -0.3 is 5.11 Å². The van der Waals surface area contributed by atoms with Crippen LogP contribution in [0, 0.1) is 17.3 Å². The molecular formula is C15H22O2. The highest BCUT2D eigenvalue weighted by atomic mass is 16.4. The Morgan fingerprint density at radius 2 is 2.24 bits per heavy atom. The maximum Gasteiger partial charge on any atom is 0.331 e. The third-order valence-electron chi connectivity index (χ3n) is 4.98. The molecule has 0 radical (unpaired) electrons. The summed E-state index contributed by atoms with van der Waals surface area (Å²) in [6.07, 6.45) is 7.16. The molecule has 2 aliphatic rings. The molecule has 0 aromatic heterocycles. The van der Waals surface area contributed by atoms with Crippen LogP contribution in [0.2, 0.25) is 0 Å². The average molecular weight is 234 g/mol. The van der Waals surface area contributed by atoms with Crippen molar-refractivity contribution in [1.82, 2.24) is 0 Å². The third-order valence-corrected chi connectivity index (χ3v) is 4.98. The minimum atomic E-state index is -0.737. The number of carbonyl (C=O) groups is 1. The van der Waals surface area contributed by atoms with E-state index in [0.717, 1.165) is 19.3 Å². The molecule has 1 fully saturated rings. The topological polar surface area (TPSA) is 37.3 Å². The molecule has 0 aromatic carbocycles. The highest BCUT2D eigenvalue weighted by molar-refractivity contribution is 5.86. The predicted octanol–water partition coefficient (Wildman–Crippen LogP) is 3.79. The number of hydrogen-bond donors (Lipinski definition) is 1. The molecule has 1 saturated carbocycles. The summed E-state index contributed by atoms with van der Waals surface area (Å²) in [5, 5.41) is 8.96. The lowest BCUT2D eigenvalue weighted by atomic mass is 9.51. The Labute approximate surface area is 103 Å². The van der Waals surface area contributed by atoms with Gasteiger partial charge in [-0.1, -0.05) is 25.2 Å². The first-order valence-electron chi connectivity index (χ1n) is 6.53. The number of rotatable bonds is 3. The highest BCUT2D eigenvalue weighted by Gasteiger charge is 2.48. The molecule has 1 unspecified atom stereocenters. The lowest BCUT2D eigenvalue weighted by molar-refractivity contribution is -0.133. The van der Waals surface area contributed by atoms with Gasteiger partial charge in [-0.2, -0.15) is 0 Å². The fourth-order valence-corrected chi connectivity index (χ4v) is 3.67. The van der Waals surface area contributed by atoms with E-state index in [9.17, 15) is 4.79 Å². The lowest BCUT2D eigenvalue weighted by Crippen LogP contribution is -2.44. The first-order valence-corrected chi connectivity index (χ1v) is 6.53. The van der Waals surface area contributed by atoms with Crippen LogP contribution in [0.1, 0.15) is 46.0 Å². The lowest BCUT2D eigenvalue weighted by Gasteiger charge is -2.53. The summed E-state index contributed by atoms with van der Waals surface area (Å²) in [6.45, 7) is 8.59. The smallest absolute Gasteiger partial charge is 0.331 e. The zero-order valence-corrected chi connectivity index (χ0v) is 10.8. The second-order valence-electron chi connectivity index (χ2n) is 5.95. The molecule has 2 nitrogen and oxygen atoms in total. The summed E-state index contributed by atoms with van der Waals surface area (Å²) in [7, 11) is 0. The van der Waals surface area contributed by atoms with E-state index in [0.29, 0.717) is 22.8 Å². The van der Waals surface area contributed by atoms with Gasteiger partial charge in [0.1, 0.15) is 0 Å². The van der Waals surface area contributed by atoms with Crippen molar-refractivity contribution >= 4 is 5.97 Å². The highest BCUT2D eigenvalue weighted by Crippen LogP contribution is 2.57. The zero-order valence-electron chi connectivity index (χ0n) is 10.8. The number of hydrogen-bond acceptors (Lipinski definition) is 1. The van der Waals surface area contributed by atoms with Crippen LogP contribution in [-0.4, -0.2) is 11.1 Å². The second kappa shape index (κ2) is 4.32. The second-order valence-corrected chi connectivity index (χ2v) is 5.95. The summed E-state index contributed by atoms with van der Waals surface area (Å²) in [5.74, 6) is 0.548. The Kier molecular flexibility index (Phi) is 3.15. The molecule has 2 rings (SSSR count). The van der Waals surface area contributed by atoms with Gasteiger partial charge in [-0.3, -0.25) is 0 Å². The fourth-order valence-electron chi connectivity index (χ4n) is 3.67. The van der Waals surface area contributed by atoms with Gasteiger partial charge in [-0.25, -0.2) is 4.79 Å². The van der Waals surface area contributed by atoms with Crippen molar-refractivity contribution in [2.45, 2.75) is 46.0 Å². The van der Waals surface area contributed by atoms with E-state index in [1.165, 1.54) is 18.4 Å². The molecule has 0 amide bonds. The molecule has 0 aliphatic heterocycles. The van der Waals surface area contributed by atoms with E-state index in [4.69, 9.17) is 5.11 Å². The van der Waals surface area contributed by atoms with Crippen molar-refractivity contribution in [2.75, 3.05) is 0 Å². The van der Waals surface area contributed by atoms with Gasteiger partial charge in [0.25, 0.3) is 0 Å². The molecule has 0 saturated heterocycles. The molecular weight excluding hydrogens is 212 g/mol. The van der Waals surface area contributed by atoms with Crippen LogP contribution in [-0.2, 0) is 4.79 Å². The van der Waals surface area contributed by atoms with E-state index in [-0.39, 0.29) is 0 Å². The number of allylic oxidation sites excluding steroid dienone is 2. The normalized spacial score (nSPS) is 36.9. The van der Waals surface area contributed by atoms with Gasteiger partial charge in [0.15, 0.2) is 0 Å². The van der Waals surface area contributed by atoms with Crippen molar-refractivity contribution in [1.29, 1.82) is 0 Å². The molecule has 17 heavy (non-hydrogen) atoms. The summed E-state index contributed by atoms with van der Waals surface area (Å²) in [6, 6.07) is 0. The molecule has 0 heterocycles. The van der Waals surface area contributed by atoms with E-state index in [1.807, 2.05) is 6.08 Å². The zero-order chi connectivity index (χ0) is 12.6. The Balaban J connectivity index is 2.06. The van der Waals surface area contributed by atoms with Crippen molar-refractivity contribution in [3.05, 3.63) is 23.8 Å². The number of carboxylic acid groups (broad SMARTS) is 1. The molecule has 3 atom stereocenters. The summed E-state index contributed by atoms with van der Waals surface area (Å²) >= 11 is 0. The van der Waals surface area contributed by atoms with Gasteiger partial charge in [0, 0.05) is 5.57 Å². The fraction of sp³-hybridized carbons (Fsp3) is 0.667. The van der Waals surface area contributed by atoms with Crippen molar-refractivity contribution in [2.24, 2.45) is 17.3 Å². The molecule has 94 valence electrons. The van der Waals surface area contributed by atoms with Crippen LogP contribution in [0.5, 0.6) is 0 Å². The maximum atomic E-state index is 10.9. The van der Waals surface area contributed by atoms with Crippen LogP contribution in [0.15, 0.2) is 23.8 Å². The van der Waals surface area contributed by atoms with Crippen LogP contribution in [0.4, 0.5) is 0 Å². The number of carboxylic acids is 1. The Morgan fingerprint density at radius 3 is 2.59 bits per heavy atom. The van der Waals surface area contributed by atoms with E-state index >= 15 is 0 Å². The predicted molar refractivity (Wildman–Crippen MR) is 68.7 cm³/mol. The van der Waals surface area contributed by atoms with Crippen molar-refractivity contribution in [3.63, 3.8) is 0 Å². The van der Waals surface area contributed by atoms with Gasteiger partial charge in [0.2, 0.25) is 0 Å². The van der Waals surface area contributed by atoms with E-state index in [2.05, 4.69) is 20.4 Å². The van der Waals surface area contributed by atoms with Crippen LogP contribution >= 0.6 is 0 Å². The van der Waals surface area contributed by atoms with Gasteiger partial charge >= 0.3 is 5.97 Å². The molecule has 2 heteroatoms. The summed E-state index contributed by atoms with van der Waals surface area (Å²) < 4.78 is 0. The standard InChI is InChI=1S/C15H22O2/c1-10(2)13-8-9-15(13,3)12-6-4-11(5-7-12)14(16)17/h4,12-13H,1,5-9H2,2-3H3,(H,16,17)/t12?,13-,15-/m0/s1. The quantitative estimate of drug-likeness (QED) is 0.754. The number of aliphatic carboxylic acids is 1. The molecule has 2 aliphatic carbocycles. The molecule has 0 aromatic rings. The molecule has 0 spiro atoms. The molecule has 0 bridgehead atoms. The Bertz CT molecular complexity index is 380. The average Bonchev–Trinajstić information content (AvgIpc) is 2.26. The Hall–Kier alpha value is -1.05. The van der Waals surface area contributed by atoms with Gasteiger partial charge in [-0.15, -0.1) is 0 Å². The largest absolute Gasteiger partial charge is 0.478 e. The van der Waals surface area contributed by atoms with E-state index in [1.54, 1.807) is 0 Å². The van der Waals surface area contributed by atoms with E-state index < -0.39 is 5.97 Å². The van der Waals surface area contributed by atoms with Crippen molar-refractivity contribution in [3.8, 4) is 0 Å². The monoisotopic (exact) mass is 234 g/mol. The summed E-state index contributed by atoms with van der Waals surface area (Å²) in [4.78, 5) is 10.9. The third kappa shape index (κ3) is 2.05. The van der Waals surface area contributed by atoms with Gasteiger partial charge in [-0.05, 0) is 56.3 Å². The molecule has 1 N–H and O–H groups in total. The van der Waals surface area contributed by atoms with Crippen molar-refractivity contribution < 1.29 is 9.90 Å². The SMILES string of the molecule is C=C(C)[C@@H]1CC[C@@]1(C)C1CC=C(C(=O)O)CC1. The van der Waals surface area contributed by atoms with Crippen LogP contribution in [0.3, 0.4) is 0 Å². The van der Waals surface area contributed by atoms with Gasteiger partial charge in [0.05, 0.1) is 0 Å². The van der Waals surface area contributed by atoms with Crippen LogP contribution < -0.4 is 0 Å². The Morgan fingerprint density at radius 1 is 1.53 bits per heavy atom. The summed E-state index contributed by atoms with van der Waals surface area (Å²) in [5.41, 5.74) is 2.27. The van der Waals surface area contributed by atoms with Crippen LogP contribution in [0.25, 0.3) is 0 Å². The minimum Gasteiger partial charge on any atom is -0.478 e. The first kappa shape index (κ1) is 12.4.